The van der Waals surface area contributed by atoms with E-state index in [-0.39, 0.29) is 12.1 Å². The summed E-state index contributed by atoms with van der Waals surface area (Å²) in [4.78, 5) is 27.2. The van der Waals surface area contributed by atoms with Crippen LogP contribution in [0.1, 0.15) is 31.4 Å². The van der Waals surface area contributed by atoms with Gasteiger partial charge in [-0.3, -0.25) is 9.59 Å². The lowest BCUT2D eigenvalue weighted by molar-refractivity contribution is -0.138. The van der Waals surface area contributed by atoms with Crippen molar-refractivity contribution in [2.45, 2.75) is 43.7 Å². The molecule has 1 aromatic rings. The number of carbonyl (C=O) groups excluding carboxylic acids is 2. The molecule has 2 N–H and O–H groups in total. The molecule has 3 aliphatic heterocycles. The summed E-state index contributed by atoms with van der Waals surface area (Å²) in [6.45, 7) is 3.10. The number of carbonyl (C=O) groups is 2. The first-order valence-electron chi connectivity index (χ1n) is 9.58. The fourth-order valence-corrected chi connectivity index (χ4v) is 6.03. The molecule has 0 saturated carbocycles. The smallest absolute Gasteiger partial charge is 0.366 e. The third-order valence-electron chi connectivity index (χ3n) is 6.59. The van der Waals surface area contributed by atoms with Crippen molar-refractivity contribution in [3.63, 3.8) is 0 Å². The van der Waals surface area contributed by atoms with E-state index < -0.39 is 68.4 Å². The maximum absolute atomic E-state index is 13.4. The van der Waals surface area contributed by atoms with Crippen molar-refractivity contribution in [1.29, 1.82) is 5.26 Å². The number of fused-ring (bicyclic) bond motifs is 5. The molecule has 2 amide bonds. The molecule has 5 atom stereocenters. The largest absolute Gasteiger partial charge is 0.417 e. The second-order valence-electron chi connectivity index (χ2n) is 8.49. The minimum atomic E-state index is -4.86. The Morgan fingerprint density at radius 1 is 1.22 bits per heavy atom. The summed E-state index contributed by atoms with van der Waals surface area (Å²) in [5, 5.41) is 8.99. The Bertz CT molecular complexity index is 1180. The minimum Gasteiger partial charge on any atom is -0.366 e. The molecule has 0 aliphatic carbocycles. The number of alkyl halides is 3. The van der Waals surface area contributed by atoms with Gasteiger partial charge in [0.15, 0.2) is 0 Å². The van der Waals surface area contributed by atoms with Gasteiger partial charge in [0.2, 0.25) is 11.8 Å². The van der Waals surface area contributed by atoms with Gasteiger partial charge in [-0.15, -0.1) is 0 Å². The normalized spacial score (nSPS) is 34.2. The van der Waals surface area contributed by atoms with Gasteiger partial charge in [0.05, 0.1) is 52.0 Å². The average molecular weight is 472 g/mol. The first-order chi connectivity index (χ1) is 14.7. The lowest BCUT2D eigenvalue weighted by Gasteiger charge is -2.35. The van der Waals surface area contributed by atoms with Crippen LogP contribution in [0.3, 0.4) is 0 Å². The van der Waals surface area contributed by atoms with Crippen molar-refractivity contribution in [3.05, 3.63) is 29.3 Å². The topological polar surface area (TPSA) is 129 Å². The van der Waals surface area contributed by atoms with Gasteiger partial charge in [0, 0.05) is 7.05 Å². The number of anilines is 1. The Labute approximate surface area is 181 Å². The van der Waals surface area contributed by atoms with Crippen LogP contribution in [-0.2, 0) is 30.7 Å². The summed E-state index contributed by atoms with van der Waals surface area (Å²) >= 11 is 0. The summed E-state index contributed by atoms with van der Waals surface area (Å²) < 4.78 is 74.8. The van der Waals surface area contributed by atoms with E-state index in [9.17, 15) is 31.2 Å². The number of nitrogens with zero attached hydrogens (tertiary/aromatic N) is 2. The number of benzene rings is 1. The standard InChI is InChI=1S/C19H19F3N4O5S/c1-17-7-12(25-32(29,30)24-3)18(2,31-17)14-13(17)15(27)26(16(14)28)10-5-4-9(8-23)11(6-10)19(20,21)22/h4-6,12-14,24-25H,7H2,1-3H3/t12-,13-,14+,17+,18+/m1/s1. The molecule has 3 aliphatic rings. The van der Waals surface area contributed by atoms with Gasteiger partial charge in [-0.2, -0.15) is 31.6 Å². The highest BCUT2D eigenvalue weighted by atomic mass is 32.2. The molecule has 2 bridgehead atoms. The van der Waals surface area contributed by atoms with Gasteiger partial charge in [-0.25, -0.2) is 9.62 Å². The molecule has 1 aromatic carbocycles. The lowest BCUT2D eigenvalue weighted by atomic mass is 9.67. The summed E-state index contributed by atoms with van der Waals surface area (Å²) in [6.07, 6.45) is -4.76. The number of amides is 2. The lowest BCUT2D eigenvalue weighted by Crippen LogP contribution is -2.57. The first-order valence-corrected chi connectivity index (χ1v) is 11.1. The molecule has 0 spiro atoms. The number of hydrogen-bond acceptors (Lipinski definition) is 6. The van der Waals surface area contributed by atoms with Gasteiger partial charge in [0.1, 0.15) is 0 Å². The molecule has 0 unspecified atom stereocenters. The van der Waals surface area contributed by atoms with E-state index in [4.69, 9.17) is 10.00 Å². The number of imide groups is 1. The van der Waals surface area contributed by atoms with Crippen LogP contribution in [0.2, 0.25) is 0 Å². The molecule has 0 radical (unpaired) electrons. The van der Waals surface area contributed by atoms with E-state index in [0.29, 0.717) is 11.0 Å². The predicted molar refractivity (Wildman–Crippen MR) is 103 cm³/mol. The number of nitrogens with one attached hydrogen (secondary N) is 2. The average Bonchev–Trinajstić information content (AvgIpc) is 3.21. The molecule has 32 heavy (non-hydrogen) atoms. The van der Waals surface area contributed by atoms with Crippen molar-refractivity contribution in [2.75, 3.05) is 11.9 Å². The van der Waals surface area contributed by atoms with Crippen molar-refractivity contribution < 1.29 is 35.9 Å². The summed E-state index contributed by atoms with van der Waals surface area (Å²) in [7, 11) is -2.68. The quantitative estimate of drug-likeness (QED) is 0.631. The molecule has 172 valence electrons. The van der Waals surface area contributed by atoms with Crippen LogP contribution in [0.25, 0.3) is 0 Å². The van der Waals surface area contributed by atoms with Gasteiger partial charge < -0.3 is 4.74 Å². The molecular weight excluding hydrogens is 453 g/mol. The van der Waals surface area contributed by atoms with E-state index in [0.717, 1.165) is 12.1 Å². The summed E-state index contributed by atoms with van der Waals surface area (Å²) in [5.41, 5.74) is -4.78. The SMILES string of the molecule is CNS(=O)(=O)N[C@@H]1C[C@]2(C)O[C@]1(C)[C@@H]1C(=O)N(c3ccc(C#N)c(C(F)(F)F)c3)C(=O)[C@@H]12. The monoisotopic (exact) mass is 472 g/mol. The number of nitriles is 1. The zero-order valence-electron chi connectivity index (χ0n) is 17.1. The van der Waals surface area contributed by atoms with Crippen LogP contribution in [0.5, 0.6) is 0 Å². The molecule has 3 fully saturated rings. The molecule has 13 heteroatoms. The fraction of sp³-hybridized carbons (Fsp3) is 0.526. The Balaban J connectivity index is 1.76. The Morgan fingerprint density at radius 3 is 2.41 bits per heavy atom. The zero-order valence-corrected chi connectivity index (χ0v) is 18.0. The van der Waals surface area contributed by atoms with E-state index in [1.807, 2.05) is 0 Å². The Hall–Kier alpha value is -2.53. The molecule has 0 aromatic heterocycles. The van der Waals surface area contributed by atoms with E-state index in [2.05, 4.69) is 9.44 Å². The fourth-order valence-electron chi connectivity index (χ4n) is 5.22. The van der Waals surface area contributed by atoms with Crippen LogP contribution in [0, 0.1) is 23.2 Å². The summed E-state index contributed by atoms with van der Waals surface area (Å²) in [6, 6.07) is 3.23. The number of halogens is 3. The van der Waals surface area contributed by atoms with Crippen LogP contribution >= 0.6 is 0 Å². The maximum Gasteiger partial charge on any atom is 0.417 e. The Kier molecular flexibility index (Phi) is 4.77. The highest BCUT2D eigenvalue weighted by molar-refractivity contribution is 7.87. The number of ether oxygens (including phenoxy) is 1. The van der Waals surface area contributed by atoms with Gasteiger partial charge in [-0.1, -0.05) is 0 Å². The highest BCUT2D eigenvalue weighted by Gasteiger charge is 2.76. The van der Waals surface area contributed by atoms with Gasteiger partial charge in [0.25, 0.3) is 10.2 Å². The second kappa shape index (κ2) is 6.74. The second-order valence-corrected chi connectivity index (χ2v) is 10.1. The van der Waals surface area contributed by atoms with E-state index in [1.165, 1.54) is 20.0 Å². The first kappa shape index (κ1) is 22.7. The van der Waals surface area contributed by atoms with E-state index >= 15 is 0 Å². The molecular formula is C19H19F3N4O5S. The van der Waals surface area contributed by atoms with Crippen LogP contribution in [-0.4, -0.2) is 44.5 Å². The molecule has 9 nitrogen and oxygen atoms in total. The van der Waals surface area contributed by atoms with Crippen molar-refractivity contribution in [1.82, 2.24) is 9.44 Å². The van der Waals surface area contributed by atoms with Crippen LogP contribution in [0.15, 0.2) is 18.2 Å². The van der Waals surface area contributed by atoms with Gasteiger partial charge in [-0.05, 0) is 38.5 Å². The zero-order chi connectivity index (χ0) is 23.9. The van der Waals surface area contributed by atoms with Crippen LogP contribution in [0.4, 0.5) is 18.9 Å². The van der Waals surface area contributed by atoms with Crippen molar-refractivity contribution in [3.8, 4) is 6.07 Å². The van der Waals surface area contributed by atoms with Gasteiger partial charge >= 0.3 is 6.18 Å². The van der Waals surface area contributed by atoms with Crippen molar-refractivity contribution >= 4 is 27.7 Å². The molecule has 4 rings (SSSR count). The van der Waals surface area contributed by atoms with Crippen LogP contribution < -0.4 is 14.3 Å². The highest BCUT2D eigenvalue weighted by Crippen LogP contribution is 2.61. The third kappa shape index (κ3) is 3.05. The van der Waals surface area contributed by atoms with E-state index in [1.54, 1.807) is 6.92 Å². The van der Waals surface area contributed by atoms with Crippen molar-refractivity contribution in [2.24, 2.45) is 11.8 Å². The minimum absolute atomic E-state index is 0.0968. The summed E-state index contributed by atoms with van der Waals surface area (Å²) in [5.74, 6) is -3.58. The third-order valence-corrected chi connectivity index (χ3v) is 7.72. The predicted octanol–water partition coefficient (Wildman–Crippen LogP) is 1.06. The molecule has 3 saturated heterocycles. The number of hydrogen-bond donors (Lipinski definition) is 2. The number of rotatable bonds is 4. The molecule has 3 heterocycles. The maximum atomic E-state index is 13.4. The Morgan fingerprint density at radius 2 is 1.84 bits per heavy atom.